The minimum Gasteiger partial charge on any atom is -0.326 e. The summed E-state index contributed by atoms with van der Waals surface area (Å²) in [6.07, 6.45) is 2.75. The number of aromatic nitrogens is 3. The second kappa shape index (κ2) is 7.24. The number of nitrogens with zero attached hydrogens (tertiary/aromatic N) is 4. The molecule has 1 atom stereocenters. The Kier molecular flexibility index (Phi) is 5.05. The predicted octanol–water partition coefficient (Wildman–Crippen LogP) is 5.23. The number of pyridine rings is 1. The lowest BCUT2D eigenvalue weighted by Crippen LogP contribution is -2.10. The number of aryl methyl sites for hydroxylation is 1. The summed E-state index contributed by atoms with van der Waals surface area (Å²) < 4.78 is 61.2. The molecule has 31 heavy (non-hydrogen) atoms. The van der Waals surface area contributed by atoms with Crippen LogP contribution < -0.4 is 0 Å². The molecule has 1 unspecified atom stereocenters. The van der Waals surface area contributed by atoms with Gasteiger partial charge in [0.1, 0.15) is 10.9 Å². The lowest BCUT2D eigenvalue weighted by molar-refractivity contribution is -0.0329. The quantitative estimate of drug-likeness (QED) is 0.521. The Morgan fingerprint density at radius 2 is 2.06 bits per heavy atom. The first-order valence-corrected chi connectivity index (χ1v) is 11.9. The molecule has 3 aromatic rings. The summed E-state index contributed by atoms with van der Waals surface area (Å²) in [7, 11) is -1.47. The maximum absolute atomic E-state index is 13.1. The number of imidazole rings is 1. The summed E-state index contributed by atoms with van der Waals surface area (Å²) >= 11 is -0.315. The first-order chi connectivity index (χ1) is 14.5. The minimum absolute atomic E-state index is 0.0842. The smallest absolute Gasteiger partial charge is 0.326 e. The van der Waals surface area contributed by atoms with Gasteiger partial charge >= 0.3 is 5.51 Å². The van der Waals surface area contributed by atoms with Crippen LogP contribution in [0.3, 0.4) is 0 Å². The number of rotatable bonds is 5. The maximum Gasteiger partial charge on any atom is 0.447 e. The summed E-state index contributed by atoms with van der Waals surface area (Å²) in [5.74, 6) is 0.462. The van der Waals surface area contributed by atoms with Gasteiger partial charge in [0.2, 0.25) is 0 Å². The average molecular weight is 466 g/mol. The van der Waals surface area contributed by atoms with Gasteiger partial charge in [-0.2, -0.15) is 18.4 Å². The molecule has 1 aliphatic rings. The maximum atomic E-state index is 13.1. The highest BCUT2D eigenvalue weighted by Crippen LogP contribution is 2.49. The van der Waals surface area contributed by atoms with Crippen molar-refractivity contribution in [3.05, 3.63) is 36.0 Å². The largest absolute Gasteiger partial charge is 0.447 e. The molecule has 0 spiro atoms. The molecular formula is C20H18F3N5OS2. The average Bonchev–Trinajstić information content (AvgIpc) is 3.45. The highest BCUT2D eigenvalue weighted by molar-refractivity contribution is 8.00. The van der Waals surface area contributed by atoms with E-state index in [1.807, 2.05) is 0 Å². The van der Waals surface area contributed by atoms with E-state index >= 15 is 0 Å². The Balaban J connectivity index is 1.89. The Bertz CT molecular complexity index is 1340. The standard InChI is InChI=1S/C20H18F3N5OS2/c1-3-31(25,29)16-8-12(19(11-24)6-7-19)4-5-13(16)18-27-14-9-17(30-20(21,22)23)26-10-15(14)28(18)2/h4-5,8-10,25H,3,6-7H2,1-2H3. The van der Waals surface area contributed by atoms with Gasteiger partial charge < -0.3 is 4.57 Å². The highest BCUT2D eigenvalue weighted by atomic mass is 32.2. The van der Waals surface area contributed by atoms with E-state index in [1.165, 1.54) is 12.3 Å². The van der Waals surface area contributed by atoms with E-state index < -0.39 is 20.7 Å². The Labute approximate surface area is 181 Å². The SMILES string of the molecule is CCS(=N)(=O)c1cc(C2(C#N)CC2)ccc1-c1nc2cc(SC(F)(F)F)ncc2n1C. The van der Waals surface area contributed by atoms with Gasteiger partial charge in [-0.1, -0.05) is 13.0 Å². The van der Waals surface area contributed by atoms with E-state index in [-0.39, 0.29) is 27.4 Å². The van der Waals surface area contributed by atoms with E-state index in [9.17, 15) is 22.6 Å². The zero-order chi connectivity index (χ0) is 22.6. The lowest BCUT2D eigenvalue weighted by atomic mass is 9.96. The molecule has 0 radical (unpaired) electrons. The van der Waals surface area contributed by atoms with Crippen molar-refractivity contribution in [2.45, 2.75) is 40.6 Å². The number of nitriles is 1. The Hall–Kier alpha value is -2.58. The van der Waals surface area contributed by atoms with Crippen molar-refractivity contribution in [2.24, 2.45) is 7.05 Å². The van der Waals surface area contributed by atoms with Crippen LogP contribution in [0.5, 0.6) is 0 Å². The molecule has 1 N–H and O–H groups in total. The molecular weight excluding hydrogens is 447 g/mol. The fourth-order valence-electron chi connectivity index (χ4n) is 3.51. The highest BCUT2D eigenvalue weighted by Gasteiger charge is 2.45. The molecule has 1 aliphatic carbocycles. The third-order valence-corrected chi connectivity index (χ3v) is 7.99. The van der Waals surface area contributed by atoms with Gasteiger partial charge in [-0.15, -0.1) is 0 Å². The molecule has 4 rings (SSSR count). The van der Waals surface area contributed by atoms with E-state index in [1.54, 1.807) is 36.7 Å². The second-order valence-corrected chi connectivity index (χ2v) is 10.9. The molecule has 2 heterocycles. The third kappa shape index (κ3) is 3.90. The molecule has 1 fully saturated rings. The number of fused-ring (bicyclic) bond motifs is 1. The number of thioether (sulfide) groups is 1. The molecule has 0 saturated heterocycles. The number of halogens is 3. The Morgan fingerprint density at radius 1 is 1.35 bits per heavy atom. The molecule has 1 saturated carbocycles. The van der Waals surface area contributed by atoms with E-state index in [2.05, 4.69) is 16.0 Å². The van der Waals surface area contributed by atoms with E-state index in [4.69, 9.17) is 4.78 Å². The fraction of sp³-hybridized carbons (Fsp3) is 0.350. The van der Waals surface area contributed by atoms with Crippen LogP contribution in [0.2, 0.25) is 0 Å². The number of hydrogen-bond acceptors (Lipinski definition) is 6. The summed E-state index contributed by atoms with van der Waals surface area (Å²) in [4.78, 5) is 8.63. The van der Waals surface area contributed by atoms with Gasteiger partial charge in [-0.25, -0.2) is 19.0 Å². The fourth-order valence-corrected chi connectivity index (χ4v) is 5.16. The van der Waals surface area contributed by atoms with Crippen LogP contribution >= 0.6 is 11.8 Å². The molecule has 0 amide bonds. The predicted molar refractivity (Wildman–Crippen MR) is 112 cm³/mol. The molecule has 0 aliphatic heterocycles. The second-order valence-electron chi connectivity index (χ2n) is 7.42. The van der Waals surface area contributed by atoms with Crippen molar-refractivity contribution in [3.63, 3.8) is 0 Å². The third-order valence-electron chi connectivity index (χ3n) is 5.46. The van der Waals surface area contributed by atoms with Gasteiger partial charge in [0.05, 0.1) is 43.3 Å². The van der Waals surface area contributed by atoms with Crippen LogP contribution in [-0.2, 0) is 22.2 Å². The van der Waals surface area contributed by atoms with Crippen LogP contribution in [-0.4, -0.2) is 30.0 Å². The van der Waals surface area contributed by atoms with Crippen molar-refractivity contribution in [1.29, 1.82) is 10.0 Å². The monoisotopic (exact) mass is 465 g/mol. The van der Waals surface area contributed by atoms with Crippen molar-refractivity contribution < 1.29 is 17.4 Å². The zero-order valence-electron chi connectivity index (χ0n) is 16.7. The van der Waals surface area contributed by atoms with Crippen LogP contribution in [0.25, 0.3) is 22.4 Å². The number of hydrogen-bond donors (Lipinski definition) is 1. The van der Waals surface area contributed by atoms with Crippen LogP contribution in [0.4, 0.5) is 13.2 Å². The number of alkyl halides is 3. The number of benzene rings is 1. The first-order valence-electron chi connectivity index (χ1n) is 9.40. The van der Waals surface area contributed by atoms with Gasteiger partial charge in [0, 0.05) is 30.1 Å². The molecule has 1 aromatic carbocycles. The molecule has 2 aromatic heterocycles. The van der Waals surface area contributed by atoms with Crippen molar-refractivity contribution in [1.82, 2.24) is 14.5 Å². The van der Waals surface area contributed by atoms with Crippen molar-refractivity contribution in [2.75, 3.05) is 5.75 Å². The van der Waals surface area contributed by atoms with Crippen LogP contribution in [0.15, 0.2) is 40.4 Å². The van der Waals surface area contributed by atoms with E-state index in [0.717, 1.165) is 5.56 Å². The minimum atomic E-state index is -4.46. The topological polar surface area (TPSA) is 95.4 Å². The van der Waals surface area contributed by atoms with Gasteiger partial charge in [-0.3, -0.25) is 0 Å². The summed E-state index contributed by atoms with van der Waals surface area (Å²) in [6.45, 7) is 1.66. The van der Waals surface area contributed by atoms with Gasteiger partial charge in [-0.05, 0) is 36.6 Å². The van der Waals surface area contributed by atoms with Crippen LogP contribution in [0, 0.1) is 16.1 Å². The van der Waals surface area contributed by atoms with Crippen LogP contribution in [0.1, 0.15) is 25.3 Å². The first kappa shape index (κ1) is 21.6. The summed E-state index contributed by atoms with van der Waals surface area (Å²) in [6, 6.07) is 8.71. The van der Waals surface area contributed by atoms with Crippen molar-refractivity contribution in [3.8, 4) is 17.5 Å². The summed E-state index contributed by atoms with van der Waals surface area (Å²) in [5.41, 5.74) is -3.04. The summed E-state index contributed by atoms with van der Waals surface area (Å²) in [5, 5.41) is 9.30. The van der Waals surface area contributed by atoms with E-state index in [0.29, 0.717) is 35.3 Å². The van der Waals surface area contributed by atoms with Gasteiger partial charge in [0.15, 0.2) is 0 Å². The normalized spacial score (nSPS) is 17.3. The molecule has 6 nitrogen and oxygen atoms in total. The zero-order valence-corrected chi connectivity index (χ0v) is 18.3. The number of nitrogens with one attached hydrogen (secondary N) is 1. The van der Waals surface area contributed by atoms with Crippen molar-refractivity contribution >= 4 is 32.5 Å². The Morgan fingerprint density at radius 3 is 2.65 bits per heavy atom. The molecule has 162 valence electrons. The lowest BCUT2D eigenvalue weighted by Gasteiger charge is -2.15. The molecule has 11 heteroatoms. The molecule has 0 bridgehead atoms. The van der Waals surface area contributed by atoms with Gasteiger partial charge in [0.25, 0.3) is 0 Å².